The summed E-state index contributed by atoms with van der Waals surface area (Å²) in [5, 5.41) is 22.1. The third-order valence-electron chi connectivity index (χ3n) is 7.75. The van der Waals surface area contributed by atoms with Crippen molar-refractivity contribution < 1.29 is 29.3 Å². The highest BCUT2D eigenvalue weighted by atomic mass is 32.2. The number of nitrogens with one attached hydrogen (secondary N) is 1. The summed E-state index contributed by atoms with van der Waals surface area (Å²) in [5.41, 5.74) is 5.64. The normalized spacial score (nSPS) is 19.9. The van der Waals surface area contributed by atoms with E-state index in [4.69, 9.17) is 14.6 Å². The Morgan fingerprint density at radius 2 is 1.70 bits per heavy atom. The quantitative estimate of drug-likeness (QED) is 0.175. The molecule has 1 aromatic heterocycles. The first-order valence-electron chi connectivity index (χ1n) is 14.6. The summed E-state index contributed by atoms with van der Waals surface area (Å²) in [6.45, 7) is 2.44. The van der Waals surface area contributed by atoms with Crippen molar-refractivity contribution in [1.82, 2.24) is 14.9 Å². The standard InChI is InChI=1S/C34H37N3O6S/c1-22-29(21-44-34-35-15-16-37(34)2)42-33(43-32(22)25-11-9-23(20-38)10-12-25)28-8-4-7-27(18-28)26-6-3-5-24(17-26)19-36-30(39)13-14-31(40)41/h3-12,15-18,22,29,32-33,38H,13-14,19-21H2,1-2H3,(H,36,39)(H,40,41). The van der Waals surface area contributed by atoms with Gasteiger partial charge in [-0.1, -0.05) is 79.3 Å². The molecule has 230 valence electrons. The molecule has 4 aromatic rings. The van der Waals surface area contributed by atoms with Crippen LogP contribution in [0, 0.1) is 5.92 Å². The van der Waals surface area contributed by atoms with Crippen LogP contribution in [0.15, 0.2) is 90.3 Å². The van der Waals surface area contributed by atoms with Gasteiger partial charge in [0.1, 0.15) is 0 Å². The number of thioether (sulfide) groups is 1. The Balaban J connectivity index is 1.36. The van der Waals surface area contributed by atoms with E-state index in [0.29, 0.717) is 12.3 Å². The van der Waals surface area contributed by atoms with Gasteiger partial charge < -0.3 is 29.6 Å². The average molecular weight is 616 g/mol. The maximum absolute atomic E-state index is 12.0. The van der Waals surface area contributed by atoms with Gasteiger partial charge in [0.15, 0.2) is 11.4 Å². The number of imidazole rings is 1. The van der Waals surface area contributed by atoms with Gasteiger partial charge in [-0.2, -0.15) is 0 Å². The molecule has 3 aromatic carbocycles. The number of carboxylic acid groups (broad SMARTS) is 1. The fourth-order valence-electron chi connectivity index (χ4n) is 5.19. The number of aliphatic carboxylic acids is 1. The minimum absolute atomic E-state index is 0.0128. The number of aromatic nitrogens is 2. The van der Waals surface area contributed by atoms with Gasteiger partial charge in [-0.15, -0.1) is 0 Å². The lowest BCUT2D eigenvalue weighted by atomic mass is 9.91. The van der Waals surface area contributed by atoms with Crippen LogP contribution in [-0.4, -0.2) is 43.5 Å². The Bertz CT molecular complexity index is 1570. The molecule has 0 saturated carbocycles. The Morgan fingerprint density at radius 1 is 0.955 bits per heavy atom. The molecule has 1 amide bonds. The number of aliphatic hydroxyl groups excluding tert-OH is 1. The highest BCUT2D eigenvalue weighted by Crippen LogP contribution is 2.43. The molecule has 1 aliphatic heterocycles. The number of carbonyl (C=O) groups is 2. The van der Waals surface area contributed by atoms with Gasteiger partial charge in [0.25, 0.3) is 0 Å². The van der Waals surface area contributed by atoms with Crippen LogP contribution in [0.4, 0.5) is 0 Å². The molecular weight excluding hydrogens is 578 g/mol. The number of aliphatic hydroxyl groups is 1. The van der Waals surface area contributed by atoms with Crippen LogP contribution in [0.2, 0.25) is 0 Å². The summed E-state index contributed by atoms with van der Waals surface area (Å²) in [7, 11) is 1.98. The van der Waals surface area contributed by atoms with Crippen molar-refractivity contribution in [2.45, 2.75) is 56.6 Å². The van der Waals surface area contributed by atoms with Crippen LogP contribution >= 0.6 is 11.8 Å². The second-order valence-corrected chi connectivity index (χ2v) is 11.9. The van der Waals surface area contributed by atoms with E-state index in [9.17, 15) is 14.7 Å². The molecule has 0 bridgehead atoms. The number of carboxylic acids is 1. The van der Waals surface area contributed by atoms with Gasteiger partial charge in [-0.25, -0.2) is 4.98 Å². The predicted molar refractivity (Wildman–Crippen MR) is 167 cm³/mol. The summed E-state index contributed by atoms with van der Waals surface area (Å²) in [5.74, 6) is -0.523. The number of hydrogen-bond acceptors (Lipinski definition) is 7. The van der Waals surface area contributed by atoms with Gasteiger partial charge in [-0.05, 0) is 39.9 Å². The summed E-state index contributed by atoms with van der Waals surface area (Å²) >= 11 is 1.66. The Labute approximate surface area is 261 Å². The minimum atomic E-state index is -0.994. The lowest BCUT2D eigenvalue weighted by molar-refractivity contribution is -0.268. The fourth-order valence-corrected chi connectivity index (χ4v) is 6.29. The predicted octanol–water partition coefficient (Wildman–Crippen LogP) is 5.64. The molecule has 0 spiro atoms. The smallest absolute Gasteiger partial charge is 0.303 e. The molecule has 44 heavy (non-hydrogen) atoms. The largest absolute Gasteiger partial charge is 0.481 e. The van der Waals surface area contributed by atoms with Crippen LogP contribution in [-0.2, 0) is 39.3 Å². The van der Waals surface area contributed by atoms with Gasteiger partial charge in [0.05, 0.1) is 25.2 Å². The summed E-state index contributed by atoms with van der Waals surface area (Å²) in [6, 6.07) is 23.9. The molecule has 0 aliphatic carbocycles. The van der Waals surface area contributed by atoms with Crippen molar-refractivity contribution in [3.05, 3.63) is 107 Å². The lowest BCUT2D eigenvalue weighted by Gasteiger charge is -2.41. The van der Waals surface area contributed by atoms with Crippen molar-refractivity contribution in [3.63, 3.8) is 0 Å². The second-order valence-electron chi connectivity index (χ2n) is 10.9. The molecule has 2 heterocycles. The third kappa shape index (κ3) is 7.95. The summed E-state index contributed by atoms with van der Waals surface area (Å²) < 4.78 is 15.3. The highest BCUT2D eigenvalue weighted by molar-refractivity contribution is 7.99. The van der Waals surface area contributed by atoms with E-state index in [0.717, 1.165) is 38.5 Å². The zero-order chi connectivity index (χ0) is 31.1. The van der Waals surface area contributed by atoms with E-state index in [-0.39, 0.29) is 43.5 Å². The first-order valence-corrected chi connectivity index (χ1v) is 15.6. The number of benzene rings is 3. The summed E-state index contributed by atoms with van der Waals surface area (Å²) in [6.07, 6.45) is 2.54. The van der Waals surface area contributed by atoms with Crippen molar-refractivity contribution in [1.29, 1.82) is 0 Å². The van der Waals surface area contributed by atoms with Crippen LogP contribution in [0.25, 0.3) is 11.1 Å². The van der Waals surface area contributed by atoms with Crippen molar-refractivity contribution in [3.8, 4) is 11.1 Å². The number of rotatable bonds is 12. The fraction of sp³-hybridized carbons (Fsp3) is 0.324. The number of amides is 1. The zero-order valence-electron chi connectivity index (χ0n) is 24.8. The van der Waals surface area contributed by atoms with E-state index in [1.807, 2.05) is 84.5 Å². The molecule has 3 N–H and O–H groups in total. The SMILES string of the molecule is CC1C(CSc2nccn2C)OC(c2cccc(-c3cccc(CNC(=O)CCC(=O)O)c3)c2)OC1c1ccc(CO)cc1. The van der Waals surface area contributed by atoms with Crippen LogP contribution in [0.1, 0.15) is 54.4 Å². The van der Waals surface area contributed by atoms with Crippen LogP contribution in [0.5, 0.6) is 0 Å². The van der Waals surface area contributed by atoms with Gasteiger partial charge in [0, 0.05) is 49.6 Å². The second kappa shape index (κ2) is 14.7. The first kappa shape index (κ1) is 31.5. The van der Waals surface area contributed by atoms with E-state index in [1.54, 1.807) is 18.0 Å². The maximum Gasteiger partial charge on any atom is 0.303 e. The number of nitrogens with zero attached hydrogens (tertiary/aromatic N) is 2. The lowest BCUT2D eigenvalue weighted by Crippen LogP contribution is -2.38. The van der Waals surface area contributed by atoms with E-state index >= 15 is 0 Å². The number of ether oxygens (including phenoxy) is 2. The molecule has 5 rings (SSSR count). The molecule has 0 radical (unpaired) electrons. The third-order valence-corrected chi connectivity index (χ3v) is 8.90. The monoisotopic (exact) mass is 615 g/mol. The topological polar surface area (TPSA) is 123 Å². The molecular formula is C34H37N3O6S. The van der Waals surface area contributed by atoms with Crippen molar-refractivity contribution in [2.75, 3.05) is 5.75 Å². The van der Waals surface area contributed by atoms with Crippen LogP contribution in [0.3, 0.4) is 0 Å². The van der Waals surface area contributed by atoms with Crippen molar-refractivity contribution >= 4 is 23.6 Å². The van der Waals surface area contributed by atoms with Gasteiger partial charge in [0.2, 0.25) is 5.91 Å². The van der Waals surface area contributed by atoms with E-state index in [2.05, 4.69) is 23.3 Å². The van der Waals surface area contributed by atoms with Crippen LogP contribution < -0.4 is 5.32 Å². The first-order chi connectivity index (χ1) is 21.3. The van der Waals surface area contributed by atoms with E-state index in [1.165, 1.54) is 0 Å². The minimum Gasteiger partial charge on any atom is -0.481 e. The molecule has 10 heteroatoms. The molecule has 4 unspecified atom stereocenters. The highest BCUT2D eigenvalue weighted by Gasteiger charge is 2.38. The molecule has 4 atom stereocenters. The number of carbonyl (C=O) groups excluding carboxylic acids is 1. The molecule has 1 fully saturated rings. The number of aryl methyl sites for hydroxylation is 1. The Kier molecular flexibility index (Phi) is 10.5. The summed E-state index contributed by atoms with van der Waals surface area (Å²) in [4.78, 5) is 27.2. The number of hydrogen-bond donors (Lipinski definition) is 3. The van der Waals surface area contributed by atoms with Crippen molar-refractivity contribution in [2.24, 2.45) is 13.0 Å². The van der Waals surface area contributed by atoms with Gasteiger partial charge in [-0.3, -0.25) is 9.59 Å². The zero-order valence-corrected chi connectivity index (χ0v) is 25.6. The Morgan fingerprint density at radius 3 is 2.41 bits per heavy atom. The average Bonchev–Trinajstić information content (AvgIpc) is 3.46. The van der Waals surface area contributed by atoms with E-state index < -0.39 is 12.3 Å². The maximum atomic E-state index is 12.0. The van der Waals surface area contributed by atoms with Gasteiger partial charge >= 0.3 is 5.97 Å². The molecule has 9 nitrogen and oxygen atoms in total. The molecule has 1 aliphatic rings. The molecule has 1 saturated heterocycles. The Hall–Kier alpha value is -3.96.